The first-order valence-electron chi connectivity index (χ1n) is 8.10. The summed E-state index contributed by atoms with van der Waals surface area (Å²) in [4.78, 5) is 34.9. The van der Waals surface area contributed by atoms with Crippen LogP contribution in [0, 0.1) is 5.92 Å². The highest BCUT2D eigenvalue weighted by Gasteiger charge is 2.33. The molecule has 1 heterocycles. The van der Waals surface area contributed by atoms with Gasteiger partial charge in [0.25, 0.3) is 0 Å². The molecule has 1 aliphatic rings. The first-order chi connectivity index (χ1) is 11.3. The number of rotatable bonds is 11. The van der Waals surface area contributed by atoms with E-state index in [-0.39, 0.29) is 18.2 Å². The predicted molar refractivity (Wildman–Crippen MR) is 89.2 cm³/mol. The normalized spacial score (nSPS) is 21.8. The number of aliphatic hydroxyl groups excluding tert-OH is 1. The van der Waals surface area contributed by atoms with Crippen molar-refractivity contribution >= 4 is 19.3 Å². The van der Waals surface area contributed by atoms with E-state index in [1.807, 2.05) is 0 Å². The molecule has 4 N–H and O–H groups in total. The summed E-state index contributed by atoms with van der Waals surface area (Å²) in [6.07, 6.45) is 5.68. The summed E-state index contributed by atoms with van der Waals surface area (Å²) in [5, 5.41) is 9.25. The van der Waals surface area contributed by atoms with Crippen LogP contribution in [0.4, 0.5) is 0 Å². The van der Waals surface area contributed by atoms with E-state index in [0.29, 0.717) is 13.0 Å². The van der Waals surface area contributed by atoms with E-state index in [2.05, 4.69) is 0 Å². The van der Waals surface area contributed by atoms with E-state index in [1.54, 1.807) is 0 Å². The molecule has 8 nitrogen and oxygen atoms in total. The molecule has 0 bridgehead atoms. The molecule has 0 fully saturated rings. The van der Waals surface area contributed by atoms with Gasteiger partial charge in [-0.05, 0) is 25.5 Å². The summed E-state index contributed by atoms with van der Waals surface area (Å²) in [6, 6.07) is 0. The lowest BCUT2D eigenvalue weighted by Crippen LogP contribution is -2.44. The summed E-state index contributed by atoms with van der Waals surface area (Å²) in [6.45, 7) is 1.05. The van der Waals surface area contributed by atoms with Crippen molar-refractivity contribution in [2.24, 2.45) is 11.7 Å². The Labute approximate surface area is 142 Å². The van der Waals surface area contributed by atoms with Crippen LogP contribution in [0.25, 0.3) is 0 Å². The van der Waals surface area contributed by atoms with E-state index in [4.69, 9.17) is 10.3 Å². The molecule has 3 atom stereocenters. The minimum Gasteiger partial charge on any atom is -0.394 e. The molecular formula is C15H27N2O6P. The van der Waals surface area contributed by atoms with Crippen LogP contribution >= 0.6 is 7.60 Å². The summed E-state index contributed by atoms with van der Waals surface area (Å²) in [7, 11) is -3.78. The van der Waals surface area contributed by atoms with Crippen LogP contribution in [-0.2, 0) is 18.7 Å². The van der Waals surface area contributed by atoms with Gasteiger partial charge in [0.1, 0.15) is 12.0 Å². The van der Waals surface area contributed by atoms with Crippen LogP contribution in [0.2, 0.25) is 0 Å². The van der Waals surface area contributed by atoms with Crippen molar-refractivity contribution in [1.82, 2.24) is 4.90 Å². The van der Waals surface area contributed by atoms with Crippen molar-refractivity contribution in [3.8, 4) is 0 Å². The standard InChI is InChI=1S/C15H27N2O6P/c1-24(21,22)23-12(11-18)10-17-9-7-14(19)13(15(17)20)6-4-2-3-5-8-16/h7,9,12-13,18H,2-6,8,10-11,16H2,1H3,(H,21,22). The van der Waals surface area contributed by atoms with E-state index in [1.165, 1.54) is 17.2 Å². The maximum Gasteiger partial charge on any atom is 0.325 e. The van der Waals surface area contributed by atoms with E-state index < -0.39 is 26.2 Å². The third kappa shape index (κ3) is 7.23. The van der Waals surface area contributed by atoms with Crippen molar-refractivity contribution < 1.29 is 28.7 Å². The summed E-state index contributed by atoms with van der Waals surface area (Å²) in [5.74, 6) is -1.35. The van der Waals surface area contributed by atoms with Crippen molar-refractivity contribution in [1.29, 1.82) is 0 Å². The molecule has 1 amide bonds. The van der Waals surface area contributed by atoms with Crippen LogP contribution in [0.3, 0.4) is 0 Å². The molecule has 0 saturated heterocycles. The molecule has 0 radical (unpaired) electrons. The number of amides is 1. The van der Waals surface area contributed by atoms with Gasteiger partial charge < -0.3 is 25.2 Å². The van der Waals surface area contributed by atoms with Gasteiger partial charge >= 0.3 is 7.60 Å². The molecule has 0 aliphatic carbocycles. The fourth-order valence-corrected chi connectivity index (χ4v) is 3.24. The van der Waals surface area contributed by atoms with E-state index >= 15 is 0 Å². The van der Waals surface area contributed by atoms with Gasteiger partial charge in [0.2, 0.25) is 5.91 Å². The number of aliphatic hydroxyl groups is 1. The van der Waals surface area contributed by atoms with Gasteiger partial charge in [0.15, 0.2) is 5.78 Å². The number of unbranched alkanes of at least 4 members (excludes halogenated alkanes) is 3. The van der Waals surface area contributed by atoms with Crippen molar-refractivity contribution in [2.45, 2.75) is 38.2 Å². The number of carbonyl (C=O) groups is 2. The van der Waals surface area contributed by atoms with Gasteiger partial charge in [0.05, 0.1) is 13.2 Å². The largest absolute Gasteiger partial charge is 0.394 e. The van der Waals surface area contributed by atoms with Gasteiger partial charge in [-0.15, -0.1) is 0 Å². The summed E-state index contributed by atoms with van der Waals surface area (Å²) in [5.41, 5.74) is 5.42. The Morgan fingerprint density at radius 2 is 2.00 bits per heavy atom. The van der Waals surface area contributed by atoms with E-state index in [0.717, 1.165) is 32.3 Å². The number of nitrogens with two attached hydrogens (primary N) is 1. The Kier molecular flexibility index (Phi) is 8.80. The molecule has 0 aromatic carbocycles. The SMILES string of the molecule is CP(=O)(O)OC(CO)CN1C=CC(=O)C(CCCCCCN)C1=O. The lowest BCUT2D eigenvalue weighted by atomic mass is 9.92. The van der Waals surface area contributed by atoms with Gasteiger partial charge in [0, 0.05) is 12.9 Å². The second-order valence-electron chi connectivity index (χ2n) is 5.97. The average molecular weight is 362 g/mol. The zero-order valence-electron chi connectivity index (χ0n) is 14.0. The van der Waals surface area contributed by atoms with Crippen molar-refractivity contribution in [2.75, 3.05) is 26.4 Å². The molecule has 0 aromatic rings. The van der Waals surface area contributed by atoms with Gasteiger partial charge in [-0.3, -0.25) is 14.2 Å². The maximum absolute atomic E-state index is 12.4. The zero-order valence-corrected chi connectivity index (χ0v) is 14.9. The minimum absolute atomic E-state index is 0.0822. The highest BCUT2D eigenvalue weighted by Crippen LogP contribution is 2.38. The van der Waals surface area contributed by atoms with Crippen LogP contribution < -0.4 is 5.73 Å². The zero-order chi connectivity index (χ0) is 18.2. The number of hydrogen-bond acceptors (Lipinski definition) is 6. The first kappa shape index (κ1) is 21.0. The van der Waals surface area contributed by atoms with Gasteiger partial charge in [-0.2, -0.15) is 0 Å². The summed E-state index contributed by atoms with van der Waals surface area (Å²) < 4.78 is 16.2. The van der Waals surface area contributed by atoms with Crippen LogP contribution in [0.5, 0.6) is 0 Å². The lowest BCUT2D eigenvalue weighted by molar-refractivity contribution is -0.140. The smallest absolute Gasteiger partial charge is 0.325 e. The average Bonchev–Trinajstić information content (AvgIpc) is 2.50. The number of nitrogens with zero attached hydrogens (tertiary/aromatic N) is 1. The van der Waals surface area contributed by atoms with E-state index in [9.17, 15) is 24.2 Å². The highest BCUT2D eigenvalue weighted by molar-refractivity contribution is 7.51. The summed E-state index contributed by atoms with van der Waals surface area (Å²) >= 11 is 0. The number of allylic oxidation sites excluding steroid dienone is 1. The van der Waals surface area contributed by atoms with Crippen molar-refractivity contribution in [3.63, 3.8) is 0 Å². The number of carbonyl (C=O) groups excluding carboxylic acids is 2. The van der Waals surface area contributed by atoms with Crippen molar-refractivity contribution in [3.05, 3.63) is 12.3 Å². The van der Waals surface area contributed by atoms with Crippen LogP contribution in [0.15, 0.2) is 12.3 Å². The second kappa shape index (κ2) is 10.1. The highest BCUT2D eigenvalue weighted by atomic mass is 31.2. The van der Waals surface area contributed by atoms with Gasteiger partial charge in [-0.25, -0.2) is 0 Å². The molecule has 9 heteroatoms. The number of ketones is 1. The molecular weight excluding hydrogens is 335 g/mol. The monoisotopic (exact) mass is 362 g/mol. The first-order valence-corrected chi connectivity index (χ1v) is 10.1. The van der Waals surface area contributed by atoms with Gasteiger partial charge in [-0.1, -0.05) is 19.3 Å². The molecule has 0 spiro atoms. The molecule has 138 valence electrons. The molecule has 0 aromatic heterocycles. The fourth-order valence-electron chi connectivity index (χ4n) is 2.56. The maximum atomic E-state index is 12.4. The number of hydrogen-bond donors (Lipinski definition) is 3. The Bertz CT molecular complexity index is 504. The topological polar surface area (TPSA) is 130 Å². The lowest BCUT2D eigenvalue weighted by Gasteiger charge is -2.29. The Balaban J connectivity index is 2.60. The fraction of sp³-hybridized carbons (Fsp3) is 0.733. The predicted octanol–water partition coefficient (Wildman–Crippen LogP) is 0.630. The molecule has 3 unspecified atom stereocenters. The van der Waals surface area contributed by atoms with Crippen LogP contribution in [0.1, 0.15) is 32.1 Å². The molecule has 0 saturated carbocycles. The molecule has 1 aliphatic heterocycles. The third-order valence-corrected chi connectivity index (χ3v) is 4.43. The Morgan fingerprint density at radius 3 is 2.58 bits per heavy atom. The minimum atomic E-state index is -3.78. The Hall–Kier alpha value is -1.05. The molecule has 24 heavy (non-hydrogen) atoms. The molecule has 1 rings (SSSR count). The Morgan fingerprint density at radius 1 is 1.33 bits per heavy atom. The quantitative estimate of drug-likeness (QED) is 0.279. The second-order valence-corrected chi connectivity index (χ2v) is 7.78. The third-order valence-electron chi connectivity index (χ3n) is 3.74. The van der Waals surface area contributed by atoms with Crippen LogP contribution in [-0.4, -0.2) is 59.1 Å².